The zero-order chi connectivity index (χ0) is 9.14. The first-order valence-corrected chi connectivity index (χ1v) is 4.27. The van der Waals surface area contributed by atoms with Crippen molar-refractivity contribution in [3.05, 3.63) is 28.2 Å². The number of benzene rings is 1. The number of aromatic hydroxyl groups is 1. The molecule has 1 atom stereocenters. The Labute approximate surface area is 78.3 Å². The van der Waals surface area contributed by atoms with Gasteiger partial charge in [-0.25, -0.2) is 4.39 Å². The molecule has 1 unspecified atom stereocenters. The van der Waals surface area contributed by atoms with Crippen LogP contribution in [-0.4, -0.2) is 11.7 Å². The summed E-state index contributed by atoms with van der Waals surface area (Å²) < 4.78 is 13.7. The molecule has 0 fully saturated rings. The van der Waals surface area contributed by atoms with Gasteiger partial charge in [-0.1, -0.05) is 22.0 Å². The van der Waals surface area contributed by atoms with Gasteiger partial charge in [-0.3, -0.25) is 0 Å². The van der Waals surface area contributed by atoms with E-state index in [0.717, 1.165) is 0 Å². The third-order valence-electron chi connectivity index (χ3n) is 1.54. The molecular weight excluding hydrogens is 225 g/mol. The van der Waals surface area contributed by atoms with E-state index in [9.17, 15) is 9.50 Å². The molecule has 1 aromatic carbocycles. The van der Waals surface area contributed by atoms with Crippen LogP contribution in [0.25, 0.3) is 0 Å². The molecule has 1 aromatic rings. The van der Waals surface area contributed by atoms with Crippen molar-refractivity contribution in [1.82, 2.24) is 0 Å². The molecule has 0 spiro atoms. The van der Waals surface area contributed by atoms with Crippen LogP contribution in [0, 0.1) is 0 Å². The minimum absolute atomic E-state index is 0.0673. The summed E-state index contributed by atoms with van der Waals surface area (Å²) in [7, 11) is 0. The van der Waals surface area contributed by atoms with Crippen molar-refractivity contribution in [2.24, 2.45) is 5.73 Å². The van der Waals surface area contributed by atoms with Gasteiger partial charge in [-0.2, -0.15) is 0 Å². The van der Waals surface area contributed by atoms with Crippen LogP contribution in [0.1, 0.15) is 11.7 Å². The van der Waals surface area contributed by atoms with Crippen molar-refractivity contribution in [3.8, 4) is 5.75 Å². The van der Waals surface area contributed by atoms with Crippen molar-refractivity contribution in [3.63, 3.8) is 0 Å². The molecule has 2 nitrogen and oxygen atoms in total. The average Bonchev–Trinajstić information content (AvgIpc) is 2.03. The van der Waals surface area contributed by atoms with Gasteiger partial charge in [0.1, 0.15) is 11.9 Å². The van der Waals surface area contributed by atoms with Crippen LogP contribution in [0.3, 0.4) is 0 Å². The molecule has 0 aliphatic heterocycles. The van der Waals surface area contributed by atoms with E-state index in [1.165, 1.54) is 12.1 Å². The van der Waals surface area contributed by atoms with Crippen LogP contribution in [0.2, 0.25) is 0 Å². The number of phenols is 1. The van der Waals surface area contributed by atoms with Crippen LogP contribution in [-0.2, 0) is 0 Å². The number of rotatable bonds is 2. The van der Waals surface area contributed by atoms with E-state index in [0.29, 0.717) is 4.47 Å². The Bertz CT molecular complexity index is 280. The summed E-state index contributed by atoms with van der Waals surface area (Å²) >= 11 is 3.15. The monoisotopic (exact) mass is 233 g/mol. The minimum atomic E-state index is -1.29. The van der Waals surface area contributed by atoms with E-state index >= 15 is 0 Å². The Morgan fingerprint density at radius 2 is 2.25 bits per heavy atom. The van der Waals surface area contributed by atoms with E-state index < -0.39 is 6.17 Å². The van der Waals surface area contributed by atoms with Crippen molar-refractivity contribution in [2.45, 2.75) is 6.17 Å². The summed E-state index contributed by atoms with van der Waals surface area (Å²) in [4.78, 5) is 0. The molecule has 4 heteroatoms. The average molecular weight is 234 g/mol. The summed E-state index contributed by atoms with van der Waals surface area (Å²) in [5.41, 5.74) is 5.35. The molecular formula is C8H9BrFNO. The van der Waals surface area contributed by atoms with E-state index in [1.54, 1.807) is 6.07 Å². The smallest absolute Gasteiger partial charge is 0.141 e. The van der Waals surface area contributed by atoms with Gasteiger partial charge in [-0.05, 0) is 12.1 Å². The molecule has 0 aliphatic carbocycles. The van der Waals surface area contributed by atoms with Crippen molar-refractivity contribution in [2.75, 3.05) is 6.54 Å². The summed E-state index contributed by atoms with van der Waals surface area (Å²) in [5, 5.41) is 9.27. The second-order valence-electron chi connectivity index (χ2n) is 2.41. The molecule has 0 radical (unpaired) electrons. The van der Waals surface area contributed by atoms with Gasteiger partial charge in [0.05, 0.1) is 0 Å². The Kier molecular flexibility index (Phi) is 3.05. The van der Waals surface area contributed by atoms with Crippen molar-refractivity contribution in [1.29, 1.82) is 0 Å². The van der Waals surface area contributed by atoms with E-state index in [-0.39, 0.29) is 17.9 Å². The van der Waals surface area contributed by atoms with Crippen LogP contribution in [0.15, 0.2) is 22.7 Å². The number of hydrogen-bond donors (Lipinski definition) is 2. The quantitative estimate of drug-likeness (QED) is 0.823. The first kappa shape index (κ1) is 9.48. The molecule has 66 valence electrons. The third kappa shape index (κ3) is 1.95. The van der Waals surface area contributed by atoms with Gasteiger partial charge in [0, 0.05) is 16.6 Å². The van der Waals surface area contributed by atoms with E-state index in [2.05, 4.69) is 15.9 Å². The molecule has 0 heterocycles. The molecule has 3 N–H and O–H groups in total. The first-order chi connectivity index (χ1) is 5.65. The number of halogens is 2. The Balaban J connectivity index is 3.01. The summed E-state index contributed by atoms with van der Waals surface area (Å²) in [6, 6.07) is 4.62. The highest BCUT2D eigenvalue weighted by molar-refractivity contribution is 9.10. The van der Waals surface area contributed by atoms with Gasteiger partial charge < -0.3 is 10.8 Å². The van der Waals surface area contributed by atoms with E-state index in [4.69, 9.17) is 5.73 Å². The van der Waals surface area contributed by atoms with Gasteiger partial charge in [0.15, 0.2) is 0 Å². The maximum absolute atomic E-state index is 13.0. The Morgan fingerprint density at radius 3 is 2.75 bits per heavy atom. The second kappa shape index (κ2) is 3.87. The molecule has 0 aromatic heterocycles. The molecule has 12 heavy (non-hydrogen) atoms. The van der Waals surface area contributed by atoms with Crippen molar-refractivity contribution < 1.29 is 9.50 Å². The van der Waals surface area contributed by atoms with Crippen LogP contribution < -0.4 is 5.73 Å². The summed E-state index contributed by atoms with van der Waals surface area (Å²) in [5.74, 6) is -0.0673. The Hall–Kier alpha value is -0.610. The highest BCUT2D eigenvalue weighted by atomic mass is 79.9. The third-order valence-corrected chi connectivity index (χ3v) is 2.03. The van der Waals surface area contributed by atoms with Gasteiger partial charge in [-0.15, -0.1) is 0 Å². The minimum Gasteiger partial charge on any atom is -0.508 e. The zero-order valence-electron chi connectivity index (χ0n) is 6.30. The summed E-state index contributed by atoms with van der Waals surface area (Å²) in [6.07, 6.45) is -1.29. The predicted octanol–water partition coefficient (Wildman–Crippen LogP) is 2.12. The maximum atomic E-state index is 13.0. The number of nitrogens with two attached hydrogens (primary N) is 1. The fraction of sp³-hybridized carbons (Fsp3) is 0.250. The topological polar surface area (TPSA) is 46.2 Å². The number of phenolic OH excluding ortho intramolecular Hbond substituents is 1. The predicted molar refractivity (Wildman–Crippen MR) is 48.7 cm³/mol. The fourth-order valence-corrected chi connectivity index (χ4v) is 1.26. The maximum Gasteiger partial charge on any atom is 0.141 e. The number of hydrogen-bond acceptors (Lipinski definition) is 2. The van der Waals surface area contributed by atoms with Crippen molar-refractivity contribution >= 4 is 15.9 Å². The van der Waals surface area contributed by atoms with Gasteiger partial charge in [0.2, 0.25) is 0 Å². The largest absolute Gasteiger partial charge is 0.508 e. The zero-order valence-corrected chi connectivity index (χ0v) is 7.88. The normalized spacial score (nSPS) is 12.9. The molecule has 1 rings (SSSR count). The lowest BCUT2D eigenvalue weighted by Gasteiger charge is -2.07. The van der Waals surface area contributed by atoms with E-state index in [1.807, 2.05) is 0 Å². The van der Waals surface area contributed by atoms with Crippen LogP contribution in [0.4, 0.5) is 4.39 Å². The second-order valence-corrected chi connectivity index (χ2v) is 3.32. The Morgan fingerprint density at radius 1 is 1.58 bits per heavy atom. The highest BCUT2D eigenvalue weighted by Gasteiger charge is 2.11. The van der Waals surface area contributed by atoms with Crippen LogP contribution >= 0.6 is 15.9 Å². The first-order valence-electron chi connectivity index (χ1n) is 3.47. The molecule has 0 aliphatic rings. The SMILES string of the molecule is NCC(F)c1ccc(Br)cc1O. The lowest BCUT2D eigenvalue weighted by molar-refractivity contribution is 0.338. The number of alkyl halides is 1. The highest BCUT2D eigenvalue weighted by Crippen LogP contribution is 2.28. The van der Waals surface area contributed by atoms with Gasteiger partial charge in [0.25, 0.3) is 0 Å². The summed E-state index contributed by atoms with van der Waals surface area (Å²) in [6.45, 7) is -0.116. The molecule has 0 bridgehead atoms. The fourth-order valence-electron chi connectivity index (χ4n) is 0.909. The molecule has 0 amide bonds. The van der Waals surface area contributed by atoms with Gasteiger partial charge >= 0.3 is 0 Å². The lowest BCUT2D eigenvalue weighted by atomic mass is 10.1. The molecule has 0 saturated heterocycles. The van der Waals surface area contributed by atoms with Crippen LogP contribution in [0.5, 0.6) is 5.75 Å². The molecule has 0 saturated carbocycles. The lowest BCUT2D eigenvalue weighted by Crippen LogP contribution is -2.07. The standard InChI is InChI=1S/C8H9BrFNO/c9-5-1-2-6(7(10)4-11)8(12)3-5/h1-3,7,12H,4,11H2.